The summed E-state index contributed by atoms with van der Waals surface area (Å²) >= 11 is 0. The van der Waals surface area contributed by atoms with Crippen LogP contribution in [0.3, 0.4) is 0 Å². The van der Waals surface area contributed by atoms with Crippen LogP contribution in [0.25, 0.3) is 0 Å². The first-order chi connectivity index (χ1) is 7.10. The summed E-state index contributed by atoms with van der Waals surface area (Å²) in [4.78, 5) is 0. The van der Waals surface area contributed by atoms with Crippen molar-refractivity contribution < 1.29 is 0 Å². The average Bonchev–Trinajstić information content (AvgIpc) is 2.21. The zero-order valence-corrected chi connectivity index (χ0v) is 11.0. The van der Waals surface area contributed by atoms with Crippen molar-refractivity contribution in [3.8, 4) is 0 Å². The molecule has 1 atom stereocenters. The van der Waals surface area contributed by atoms with Crippen LogP contribution >= 0.6 is 0 Å². The summed E-state index contributed by atoms with van der Waals surface area (Å²) in [5.41, 5.74) is 1.34. The third-order valence-corrected chi connectivity index (χ3v) is 2.37. The number of rotatable bonds is 6. The molecule has 0 aliphatic rings. The topological polar surface area (TPSA) is 0 Å². The van der Waals surface area contributed by atoms with E-state index in [1.54, 1.807) is 0 Å². The van der Waals surface area contributed by atoms with E-state index in [1.807, 2.05) is 0 Å². The lowest BCUT2D eigenvalue weighted by Crippen LogP contribution is -1.85. The van der Waals surface area contributed by atoms with Gasteiger partial charge in [-0.25, -0.2) is 0 Å². The van der Waals surface area contributed by atoms with Gasteiger partial charge in [-0.3, -0.25) is 0 Å². The summed E-state index contributed by atoms with van der Waals surface area (Å²) in [7, 11) is 0. The van der Waals surface area contributed by atoms with Gasteiger partial charge >= 0.3 is 0 Å². The summed E-state index contributed by atoms with van der Waals surface area (Å²) in [6, 6.07) is 0. The highest BCUT2D eigenvalue weighted by Crippen LogP contribution is 2.09. The van der Waals surface area contributed by atoms with Crippen LogP contribution < -0.4 is 0 Å². The highest BCUT2D eigenvalue weighted by atomic mass is 14.0. The normalized spacial score (nSPS) is 15.7. The molecule has 0 aromatic heterocycles. The zero-order valence-electron chi connectivity index (χ0n) is 11.0. The lowest BCUT2D eigenvalue weighted by Gasteiger charge is -2.01. The van der Waals surface area contributed by atoms with Crippen molar-refractivity contribution >= 4 is 0 Å². The standard InChI is InChI=1S/C15H26/c1-6-8-15(11-9-13(3)4)12-10-14(5)7-2/h8-14H,6-7H2,1-5H3. The van der Waals surface area contributed by atoms with Gasteiger partial charge in [0.2, 0.25) is 0 Å². The molecule has 0 saturated heterocycles. The van der Waals surface area contributed by atoms with E-state index < -0.39 is 0 Å². The van der Waals surface area contributed by atoms with Gasteiger partial charge in [0.15, 0.2) is 0 Å². The van der Waals surface area contributed by atoms with Crippen LogP contribution in [0.15, 0.2) is 36.0 Å². The van der Waals surface area contributed by atoms with Crippen molar-refractivity contribution in [2.45, 2.75) is 47.5 Å². The van der Waals surface area contributed by atoms with Gasteiger partial charge < -0.3 is 0 Å². The van der Waals surface area contributed by atoms with Crippen LogP contribution in [-0.2, 0) is 0 Å². The van der Waals surface area contributed by atoms with Crippen molar-refractivity contribution in [2.75, 3.05) is 0 Å². The molecule has 15 heavy (non-hydrogen) atoms. The first-order valence-electron chi connectivity index (χ1n) is 6.16. The van der Waals surface area contributed by atoms with E-state index in [0.717, 1.165) is 6.42 Å². The Balaban J connectivity index is 4.42. The quantitative estimate of drug-likeness (QED) is 0.528. The van der Waals surface area contributed by atoms with E-state index in [0.29, 0.717) is 11.8 Å². The Morgan fingerprint density at radius 1 is 1.00 bits per heavy atom. The van der Waals surface area contributed by atoms with Gasteiger partial charge in [0.25, 0.3) is 0 Å². The average molecular weight is 206 g/mol. The van der Waals surface area contributed by atoms with Crippen LogP contribution in [0, 0.1) is 11.8 Å². The van der Waals surface area contributed by atoms with E-state index in [9.17, 15) is 0 Å². The predicted molar refractivity (Wildman–Crippen MR) is 70.9 cm³/mol. The molecule has 0 spiro atoms. The van der Waals surface area contributed by atoms with E-state index in [1.165, 1.54) is 12.0 Å². The molecule has 0 heteroatoms. The second kappa shape index (κ2) is 8.52. The Morgan fingerprint density at radius 3 is 2.07 bits per heavy atom. The zero-order chi connectivity index (χ0) is 11.7. The molecule has 0 saturated carbocycles. The van der Waals surface area contributed by atoms with E-state index in [4.69, 9.17) is 0 Å². The smallest absolute Gasteiger partial charge is 0.0261 e. The first kappa shape index (κ1) is 14.2. The third-order valence-electron chi connectivity index (χ3n) is 2.37. The Morgan fingerprint density at radius 2 is 1.60 bits per heavy atom. The lowest BCUT2D eigenvalue weighted by atomic mass is 10.1. The fourth-order valence-electron chi connectivity index (χ4n) is 1.14. The lowest BCUT2D eigenvalue weighted by molar-refractivity contribution is 0.698. The molecule has 0 aromatic rings. The van der Waals surface area contributed by atoms with Gasteiger partial charge in [0.1, 0.15) is 0 Å². The monoisotopic (exact) mass is 206 g/mol. The highest BCUT2D eigenvalue weighted by Gasteiger charge is 1.92. The maximum atomic E-state index is 2.30. The van der Waals surface area contributed by atoms with Crippen molar-refractivity contribution in [3.63, 3.8) is 0 Å². The molecule has 1 unspecified atom stereocenters. The molecule has 0 bridgehead atoms. The van der Waals surface area contributed by atoms with Crippen LogP contribution in [0.2, 0.25) is 0 Å². The van der Waals surface area contributed by atoms with Gasteiger partial charge in [-0.05, 0) is 23.8 Å². The largest absolute Gasteiger partial charge is 0.0814 e. The molecule has 0 fully saturated rings. The molecule has 0 nitrogen and oxygen atoms in total. The number of allylic oxidation sites excluding steroid dienone is 6. The summed E-state index contributed by atoms with van der Waals surface area (Å²) in [5, 5.41) is 0. The minimum atomic E-state index is 0.627. The molecule has 86 valence electrons. The first-order valence-corrected chi connectivity index (χ1v) is 6.16. The molecule has 0 aliphatic heterocycles. The maximum absolute atomic E-state index is 2.30. The van der Waals surface area contributed by atoms with Crippen molar-refractivity contribution in [3.05, 3.63) is 36.0 Å². The SMILES string of the molecule is CCC=C(C=CC(C)C)C=CC(C)CC. The molecule has 0 amide bonds. The Labute approximate surface area is 95.8 Å². The van der Waals surface area contributed by atoms with Gasteiger partial charge in [-0.1, -0.05) is 71.4 Å². The fraction of sp³-hybridized carbons (Fsp3) is 0.600. The van der Waals surface area contributed by atoms with Gasteiger partial charge in [-0.2, -0.15) is 0 Å². The minimum Gasteiger partial charge on any atom is -0.0814 e. The van der Waals surface area contributed by atoms with Crippen LogP contribution in [0.5, 0.6) is 0 Å². The second-order valence-electron chi connectivity index (χ2n) is 4.46. The summed E-state index contributed by atoms with van der Waals surface area (Å²) in [5.74, 6) is 1.31. The van der Waals surface area contributed by atoms with Crippen molar-refractivity contribution in [1.82, 2.24) is 0 Å². The van der Waals surface area contributed by atoms with Crippen molar-refractivity contribution in [1.29, 1.82) is 0 Å². The molecular weight excluding hydrogens is 180 g/mol. The van der Waals surface area contributed by atoms with Gasteiger partial charge in [0, 0.05) is 0 Å². The maximum Gasteiger partial charge on any atom is -0.0261 e. The summed E-state index contributed by atoms with van der Waals surface area (Å²) in [6.45, 7) is 11.1. The summed E-state index contributed by atoms with van der Waals surface area (Å²) < 4.78 is 0. The third kappa shape index (κ3) is 8.23. The molecule has 0 aromatic carbocycles. The minimum absolute atomic E-state index is 0.627. The van der Waals surface area contributed by atoms with Crippen LogP contribution in [0.1, 0.15) is 47.5 Å². The van der Waals surface area contributed by atoms with Gasteiger partial charge in [0.05, 0.1) is 0 Å². The second-order valence-corrected chi connectivity index (χ2v) is 4.46. The summed E-state index contributed by atoms with van der Waals surface area (Å²) in [6.07, 6.45) is 13.6. The van der Waals surface area contributed by atoms with E-state index in [2.05, 4.69) is 65.0 Å². The molecule has 0 rings (SSSR count). The van der Waals surface area contributed by atoms with E-state index in [-0.39, 0.29) is 0 Å². The van der Waals surface area contributed by atoms with Crippen LogP contribution in [0.4, 0.5) is 0 Å². The van der Waals surface area contributed by atoms with E-state index >= 15 is 0 Å². The van der Waals surface area contributed by atoms with Gasteiger partial charge in [-0.15, -0.1) is 0 Å². The molecule has 0 radical (unpaired) electrons. The molecule has 0 aliphatic carbocycles. The molecule has 0 heterocycles. The Kier molecular flexibility index (Phi) is 8.08. The Bertz CT molecular complexity index is 228. The molecular formula is C15H26. The predicted octanol–water partition coefficient (Wildman–Crippen LogP) is 5.14. The number of hydrogen-bond donors (Lipinski definition) is 0. The highest BCUT2D eigenvalue weighted by molar-refractivity contribution is 5.30. The molecule has 0 N–H and O–H groups in total. The van der Waals surface area contributed by atoms with Crippen LogP contribution in [-0.4, -0.2) is 0 Å². The van der Waals surface area contributed by atoms with Crippen molar-refractivity contribution in [2.24, 2.45) is 11.8 Å². The number of hydrogen-bond acceptors (Lipinski definition) is 0. The fourth-order valence-corrected chi connectivity index (χ4v) is 1.14. The Hall–Kier alpha value is -0.780.